The molecule has 1 heterocycles. The molecule has 60 valence electrons. The van der Waals surface area contributed by atoms with E-state index in [9.17, 15) is 0 Å². The van der Waals surface area contributed by atoms with E-state index in [1.807, 2.05) is 0 Å². The Morgan fingerprint density at radius 1 is 1.64 bits per heavy atom. The Balaban J connectivity index is 2.44. The highest BCUT2D eigenvalue weighted by Gasteiger charge is 2.42. The first-order valence-electron chi connectivity index (χ1n) is 3.67. The van der Waals surface area contributed by atoms with Gasteiger partial charge in [0, 0.05) is 16.0 Å². The van der Waals surface area contributed by atoms with Crippen LogP contribution in [0.25, 0.3) is 0 Å². The maximum absolute atomic E-state index is 6.01. The highest BCUT2D eigenvalue weighted by atomic mass is 35.5. The van der Waals surface area contributed by atoms with E-state index in [0.29, 0.717) is 0 Å². The Morgan fingerprint density at radius 3 is 2.64 bits per heavy atom. The molecule has 0 unspecified atom stereocenters. The van der Waals surface area contributed by atoms with Crippen molar-refractivity contribution in [3.05, 3.63) is 20.8 Å². The third-order valence-corrected chi connectivity index (χ3v) is 3.41. The van der Waals surface area contributed by atoms with Gasteiger partial charge in [-0.05, 0) is 25.8 Å². The lowest BCUT2D eigenvalue weighted by Gasteiger charge is -2.04. The molecule has 2 rings (SSSR count). The summed E-state index contributed by atoms with van der Waals surface area (Å²) in [5.74, 6) is 0. The first-order chi connectivity index (χ1) is 5.12. The maximum atomic E-state index is 6.01. The minimum Gasteiger partial charge on any atom is -0.321 e. The summed E-state index contributed by atoms with van der Waals surface area (Å²) in [6, 6.07) is 2.11. The average Bonchev–Trinajstić information content (AvgIpc) is 2.55. The zero-order chi connectivity index (χ0) is 8.06. The van der Waals surface area contributed by atoms with E-state index in [4.69, 9.17) is 17.3 Å². The smallest absolute Gasteiger partial charge is 0.0981 e. The van der Waals surface area contributed by atoms with Crippen LogP contribution in [0.4, 0.5) is 0 Å². The molecule has 0 atom stereocenters. The number of hydrogen-bond donors (Lipinski definition) is 1. The van der Waals surface area contributed by atoms with Gasteiger partial charge in [0.25, 0.3) is 0 Å². The second kappa shape index (κ2) is 2.22. The van der Waals surface area contributed by atoms with Crippen molar-refractivity contribution < 1.29 is 0 Å². The molecule has 0 bridgehead atoms. The van der Waals surface area contributed by atoms with E-state index in [1.165, 1.54) is 4.88 Å². The van der Waals surface area contributed by atoms with Crippen LogP contribution in [0, 0.1) is 6.92 Å². The summed E-state index contributed by atoms with van der Waals surface area (Å²) >= 11 is 7.63. The average molecular weight is 188 g/mol. The Labute approximate surface area is 75.2 Å². The van der Waals surface area contributed by atoms with Crippen LogP contribution in [0.1, 0.15) is 23.3 Å². The number of nitrogens with two attached hydrogens (primary N) is 1. The van der Waals surface area contributed by atoms with Crippen molar-refractivity contribution in [3.63, 3.8) is 0 Å². The largest absolute Gasteiger partial charge is 0.321 e. The number of halogens is 1. The van der Waals surface area contributed by atoms with Gasteiger partial charge in [-0.1, -0.05) is 11.6 Å². The standard InChI is InChI=1S/C8H10ClNS/c1-5-4-6(7(9)11-5)8(10)2-3-8/h4H,2-3,10H2,1H3. The molecule has 0 saturated heterocycles. The minimum atomic E-state index is -0.0676. The van der Waals surface area contributed by atoms with Crippen LogP contribution in [-0.4, -0.2) is 0 Å². The van der Waals surface area contributed by atoms with Gasteiger partial charge in [0.2, 0.25) is 0 Å². The Bertz CT molecular complexity index is 288. The summed E-state index contributed by atoms with van der Waals surface area (Å²) in [5, 5.41) is 0. The molecule has 1 nitrogen and oxygen atoms in total. The van der Waals surface area contributed by atoms with Crippen molar-refractivity contribution in [2.24, 2.45) is 5.73 Å². The van der Waals surface area contributed by atoms with Gasteiger partial charge in [-0.25, -0.2) is 0 Å². The molecule has 0 spiro atoms. The molecule has 1 saturated carbocycles. The molecule has 2 N–H and O–H groups in total. The Kier molecular flexibility index (Phi) is 1.53. The molecular formula is C8H10ClNS. The lowest BCUT2D eigenvalue weighted by molar-refractivity contribution is 0.744. The summed E-state index contributed by atoms with van der Waals surface area (Å²) < 4.78 is 0.877. The zero-order valence-electron chi connectivity index (χ0n) is 6.36. The highest BCUT2D eigenvalue weighted by Crippen LogP contribution is 2.47. The number of thiophene rings is 1. The zero-order valence-corrected chi connectivity index (χ0v) is 7.93. The summed E-state index contributed by atoms with van der Waals surface area (Å²) in [5.41, 5.74) is 7.09. The Morgan fingerprint density at radius 2 is 2.27 bits per heavy atom. The maximum Gasteiger partial charge on any atom is 0.0981 e. The molecular weight excluding hydrogens is 178 g/mol. The van der Waals surface area contributed by atoms with Crippen LogP contribution < -0.4 is 5.73 Å². The van der Waals surface area contributed by atoms with E-state index < -0.39 is 0 Å². The third kappa shape index (κ3) is 1.19. The second-order valence-electron chi connectivity index (χ2n) is 3.20. The molecule has 0 radical (unpaired) electrons. The molecule has 1 aliphatic rings. The number of hydrogen-bond acceptors (Lipinski definition) is 2. The monoisotopic (exact) mass is 187 g/mol. The van der Waals surface area contributed by atoms with Crippen molar-refractivity contribution >= 4 is 22.9 Å². The van der Waals surface area contributed by atoms with E-state index in [2.05, 4.69) is 13.0 Å². The van der Waals surface area contributed by atoms with Gasteiger partial charge in [-0.3, -0.25) is 0 Å². The SMILES string of the molecule is Cc1cc(C2(N)CC2)c(Cl)s1. The summed E-state index contributed by atoms with van der Waals surface area (Å²) in [6.45, 7) is 2.06. The summed E-state index contributed by atoms with van der Waals surface area (Å²) in [7, 11) is 0. The molecule has 1 aromatic rings. The molecule has 1 aromatic heterocycles. The first-order valence-corrected chi connectivity index (χ1v) is 4.86. The van der Waals surface area contributed by atoms with Crippen LogP contribution in [0.15, 0.2) is 6.07 Å². The van der Waals surface area contributed by atoms with Gasteiger partial charge in [-0.2, -0.15) is 0 Å². The number of aryl methyl sites for hydroxylation is 1. The van der Waals surface area contributed by atoms with Gasteiger partial charge in [0.15, 0.2) is 0 Å². The predicted molar refractivity (Wildman–Crippen MR) is 49.2 cm³/mol. The van der Waals surface area contributed by atoms with Crippen LogP contribution in [0.3, 0.4) is 0 Å². The van der Waals surface area contributed by atoms with Gasteiger partial charge in [-0.15, -0.1) is 11.3 Å². The van der Waals surface area contributed by atoms with E-state index >= 15 is 0 Å². The molecule has 1 fully saturated rings. The summed E-state index contributed by atoms with van der Waals surface area (Å²) in [4.78, 5) is 1.25. The first kappa shape index (κ1) is 7.59. The van der Waals surface area contributed by atoms with Crippen molar-refractivity contribution in [1.82, 2.24) is 0 Å². The lowest BCUT2D eigenvalue weighted by Crippen LogP contribution is -2.17. The third-order valence-electron chi connectivity index (χ3n) is 2.14. The van der Waals surface area contributed by atoms with Crippen LogP contribution in [-0.2, 0) is 5.54 Å². The molecule has 1 aliphatic carbocycles. The number of rotatable bonds is 1. The predicted octanol–water partition coefficient (Wildman–Crippen LogP) is 2.66. The van der Waals surface area contributed by atoms with E-state index in [0.717, 1.165) is 22.7 Å². The fourth-order valence-electron chi connectivity index (χ4n) is 1.23. The van der Waals surface area contributed by atoms with Gasteiger partial charge in [0.1, 0.15) is 0 Å². The van der Waals surface area contributed by atoms with Gasteiger partial charge >= 0.3 is 0 Å². The van der Waals surface area contributed by atoms with Crippen molar-refractivity contribution in [2.45, 2.75) is 25.3 Å². The van der Waals surface area contributed by atoms with Crippen LogP contribution >= 0.6 is 22.9 Å². The normalized spacial score (nSPS) is 20.3. The van der Waals surface area contributed by atoms with Crippen molar-refractivity contribution in [3.8, 4) is 0 Å². The molecule has 11 heavy (non-hydrogen) atoms. The lowest BCUT2D eigenvalue weighted by atomic mass is 10.1. The van der Waals surface area contributed by atoms with E-state index in [1.54, 1.807) is 11.3 Å². The molecule has 0 aromatic carbocycles. The van der Waals surface area contributed by atoms with Crippen molar-refractivity contribution in [2.75, 3.05) is 0 Å². The highest BCUT2D eigenvalue weighted by molar-refractivity contribution is 7.16. The van der Waals surface area contributed by atoms with Crippen LogP contribution in [0.5, 0.6) is 0 Å². The Hall–Kier alpha value is -0.0500. The second-order valence-corrected chi connectivity index (χ2v) is 5.06. The fourth-order valence-corrected chi connectivity index (χ4v) is 2.67. The van der Waals surface area contributed by atoms with Crippen LogP contribution in [0.2, 0.25) is 4.34 Å². The topological polar surface area (TPSA) is 26.0 Å². The molecule has 0 aliphatic heterocycles. The fraction of sp³-hybridized carbons (Fsp3) is 0.500. The van der Waals surface area contributed by atoms with Gasteiger partial charge in [0.05, 0.1) is 4.34 Å². The quantitative estimate of drug-likeness (QED) is 0.719. The molecule has 0 amide bonds. The van der Waals surface area contributed by atoms with Crippen molar-refractivity contribution in [1.29, 1.82) is 0 Å². The summed E-state index contributed by atoms with van der Waals surface area (Å²) in [6.07, 6.45) is 2.17. The van der Waals surface area contributed by atoms with Gasteiger partial charge < -0.3 is 5.73 Å². The minimum absolute atomic E-state index is 0.0676. The van der Waals surface area contributed by atoms with E-state index in [-0.39, 0.29) is 5.54 Å². The molecule has 3 heteroatoms.